The number of carbonyl (C=O) groups excluding carboxylic acids is 1. The number of aromatic nitrogens is 2. The summed E-state index contributed by atoms with van der Waals surface area (Å²) in [5, 5.41) is 0. The molecule has 5 heteroatoms. The Morgan fingerprint density at radius 1 is 1.40 bits per heavy atom. The van der Waals surface area contributed by atoms with Crippen molar-refractivity contribution < 1.29 is 9.53 Å². The van der Waals surface area contributed by atoms with Crippen LogP contribution in [0.1, 0.15) is 29.0 Å². The molecule has 2 aromatic rings. The molecule has 0 spiro atoms. The van der Waals surface area contributed by atoms with Crippen LogP contribution < -0.4 is 4.74 Å². The van der Waals surface area contributed by atoms with Crippen LogP contribution >= 0.6 is 15.9 Å². The van der Waals surface area contributed by atoms with Crippen LogP contribution in [0.25, 0.3) is 11.4 Å². The van der Waals surface area contributed by atoms with Crippen molar-refractivity contribution in [1.29, 1.82) is 0 Å². The molecule has 0 aliphatic carbocycles. The lowest BCUT2D eigenvalue weighted by atomic mass is 10.1. The molecule has 0 bridgehead atoms. The molecule has 20 heavy (non-hydrogen) atoms. The van der Waals surface area contributed by atoms with Crippen molar-refractivity contribution in [3.8, 4) is 17.1 Å². The first-order valence-electron chi connectivity index (χ1n) is 6.63. The quantitative estimate of drug-likeness (QED) is 0.807. The zero-order valence-electron chi connectivity index (χ0n) is 11.2. The van der Waals surface area contributed by atoms with Crippen molar-refractivity contribution in [2.24, 2.45) is 0 Å². The number of hydrogen-bond acceptors (Lipinski definition) is 3. The van der Waals surface area contributed by atoms with Crippen LogP contribution in [0.3, 0.4) is 0 Å². The van der Waals surface area contributed by atoms with Gasteiger partial charge in [0.15, 0.2) is 6.29 Å². The molecular weight excluding hydrogens is 320 g/mol. The number of ether oxygens (including phenoxy) is 1. The summed E-state index contributed by atoms with van der Waals surface area (Å²) in [6.07, 6.45) is 4.04. The summed E-state index contributed by atoms with van der Waals surface area (Å²) in [5.41, 5.74) is 2.63. The predicted molar refractivity (Wildman–Crippen MR) is 80.2 cm³/mol. The Kier molecular flexibility index (Phi) is 3.61. The minimum atomic E-state index is 0.576. The summed E-state index contributed by atoms with van der Waals surface area (Å²) in [6, 6.07) is 5.87. The number of nitrogens with zero attached hydrogens (tertiary/aromatic N) is 2. The molecule has 0 amide bonds. The van der Waals surface area contributed by atoms with Gasteiger partial charge in [-0.15, -0.1) is 0 Å². The summed E-state index contributed by atoms with van der Waals surface area (Å²) in [7, 11) is 1.64. The van der Waals surface area contributed by atoms with Gasteiger partial charge in [-0.2, -0.15) is 0 Å². The number of aldehydes is 1. The Morgan fingerprint density at radius 3 is 2.95 bits per heavy atom. The normalized spacial score (nSPS) is 13.9. The predicted octanol–water partition coefficient (Wildman–Crippen LogP) is 3.47. The van der Waals surface area contributed by atoms with Gasteiger partial charge < -0.3 is 9.30 Å². The molecule has 0 unspecified atom stereocenters. The second-order valence-corrected chi connectivity index (χ2v) is 5.70. The Hall–Kier alpha value is -1.62. The van der Waals surface area contributed by atoms with Crippen LogP contribution in [0, 0.1) is 0 Å². The molecule has 1 aromatic carbocycles. The minimum Gasteiger partial charge on any atom is -0.496 e. The standard InChI is InChI=1S/C15H15BrN2O2/c1-20-14-6-5-10(8-11(14)16)15-17-12(9-19)13-4-2-3-7-18(13)15/h5-6,8-9H,2-4,7H2,1H3. The Bertz CT molecular complexity index is 664. The fourth-order valence-electron chi connectivity index (χ4n) is 2.69. The summed E-state index contributed by atoms with van der Waals surface area (Å²) in [4.78, 5) is 15.7. The highest BCUT2D eigenvalue weighted by molar-refractivity contribution is 9.10. The maximum absolute atomic E-state index is 11.2. The van der Waals surface area contributed by atoms with Crippen LogP contribution in [-0.4, -0.2) is 22.9 Å². The number of carbonyl (C=O) groups is 1. The molecule has 1 aromatic heterocycles. The van der Waals surface area contributed by atoms with Gasteiger partial charge in [0.05, 0.1) is 11.6 Å². The van der Waals surface area contributed by atoms with Gasteiger partial charge in [0.2, 0.25) is 0 Å². The van der Waals surface area contributed by atoms with Gasteiger partial charge in [-0.3, -0.25) is 4.79 Å². The maximum atomic E-state index is 11.2. The zero-order chi connectivity index (χ0) is 14.1. The van der Waals surface area contributed by atoms with Gasteiger partial charge in [-0.1, -0.05) is 0 Å². The highest BCUT2D eigenvalue weighted by Gasteiger charge is 2.20. The third-order valence-electron chi connectivity index (χ3n) is 3.67. The lowest BCUT2D eigenvalue weighted by molar-refractivity contribution is 0.111. The highest BCUT2D eigenvalue weighted by atomic mass is 79.9. The first-order chi connectivity index (χ1) is 9.74. The SMILES string of the molecule is COc1ccc(-c2nc(C=O)c3n2CCCC3)cc1Br. The highest BCUT2D eigenvalue weighted by Crippen LogP contribution is 2.32. The lowest BCUT2D eigenvalue weighted by Crippen LogP contribution is -2.11. The minimum absolute atomic E-state index is 0.576. The lowest BCUT2D eigenvalue weighted by Gasteiger charge is -2.17. The summed E-state index contributed by atoms with van der Waals surface area (Å²) < 4.78 is 8.30. The largest absolute Gasteiger partial charge is 0.496 e. The van der Waals surface area contributed by atoms with E-state index in [4.69, 9.17) is 4.74 Å². The fraction of sp³-hybridized carbons (Fsp3) is 0.333. The molecule has 2 heterocycles. The summed E-state index contributed by atoms with van der Waals surface area (Å²) >= 11 is 3.49. The van der Waals surface area contributed by atoms with Crippen molar-refractivity contribution in [2.75, 3.05) is 7.11 Å². The summed E-state index contributed by atoms with van der Waals surface area (Å²) in [6.45, 7) is 0.926. The average Bonchev–Trinajstić information content (AvgIpc) is 2.86. The van der Waals surface area contributed by atoms with E-state index in [0.717, 1.165) is 59.4 Å². The van der Waals surface area contributed by atoms with Crippen molar-refractivity contribution in [3.05, 3.63) is 34.1 Å². The Morgan fingerprint density at radius 2 is 2.25 bits per heavy atom. The van der Waals surface area contributed by atoms with Gasteiger partial charge in [-0.25, -0.2) is 4.98 Å². The van der Waals surface area contributed by atoms with Crippen molar-refractivity contribution in [2.45, 2.75) is 25.8 Å². The maximum Gasteiger partial charge on any atom is 0.170 e. The van der Waals surface area contributed by atoms with E-state index >= 15 is 0 Å². The number of hydrogen-bond donors (Lipinski definition) is 0. The molecule has 0 N–H and O–H groups in total. The van der Waals surface area contributed by atoms with E-state index in [2.05, 4.69) is 25.5 Å². The van der Waals surface area contributed by atoms with Gasteiger partial charge in [0, 0.05) is 17.8 Å². The molecular formula is C15H15BrN2O2. The van der Waals surface area contributed by atoms with Crippen molar-refractivity contribution >= 4 is 22.2 Å². The molecule has 1 aliphatic heterocycles. The first kappa shape index (κ1) is 13.4. The van der Waals surface area contributed by atoms with Gasteiger partial charge in [0.25, 0.3) is 0 Å². The molecule has 104 valence electrons. The smallest absolute Gasteiger partial charge is 0.170 e. The van der Waals surface area contributed by atoms with Crippen LogP contribution in [-0.2, 0) is 13.0 Å². The first-order valence-corrected chi connectivity index (χ1v) is 7.42. The van der Waals surface area contributed by atoms with Gasteiger partial charge >= 0.3 is 0 Å². The number of fused-ring (bicyclic) bond motifs is 1. The molecule has 0 atom stereocenters. The molecule has 3 rings (SSSR count). The van der Waals surface area contributed by atoms with E-state index in [1.807, 2.05) is 18.2 Å². The number of imidazole rings is 1. The molecule has 0 radical (unpaired) electrons. The molecule has 0 saturated carbocycles. The second kappa shape index (κ2) is 5.40. The van der Waals surface area contributed by atoms with E-state index in [-0.39, 0.29) is 0 Å². The third kappa shape index (κ3) is 2.16. The Labute approximate surface area is 125 Å². The average molecular weight is 335 g/mol. The van der Waals surface area contributed by atoms with Crippen LogP contribution in [0.4, 0.5) is 0 Å². The van der Waals surface area contributed by atoms with E-state index in [1.165, 1.54) is 0 Å². The number of benzene rings is 1. The molecule has 4 nitrogen and oxygen atoms in total. The Balaban J connectivity index is 2.12. The van der Waals surface area contributed by atoms with E-state index in [1.54, 1.807) is 7.11 Å². The van der Waals surface area contributed by atoms with Gasteiger partial charge in [0.1, 0.15) is 17.3 Å². The molecule has 0 saturated heterocycles. The van der Waals surface area contributed by atoms with Crippen molar-refractivity contribution in [1.82, 2.24) is 9.55 Å². The van der Waals surface area contributed by atoms with Crippen molar-refractivity contribution in [3.63, 3.8) is 0 Å². The molecule has 1 aliphatic rings. The molecule has 0 fully saturated rings. The zero-order valence-corrected chi connectivity index (χ0v) is 12.8. The van der Waals surface area contributed by atoms with E-state index in [0.29, 0.717) is 5.69 Å². The third-order valence-corrected chi connectivity index (χ3v) is 4.29. The number of halogens is 1. The van der Waals surface area contributed by atoms with E-state index < -0.39 is 0 Å². The topological polar surface area (TPSA) is 44.1 Å². The number of rotatable bonds is 3. The van der Waals surface area contributed by atoms with Crippen LogP contribution in [0.2, 0.25) is 0 Å². The fourth-order valence-corrected chi connectivity index (χ4v) is 3.23. The number of methoxy groups -OCH3 is 1. The summed E-state index contributed by atoms with van der Waals surface area (Å²) in [5.74, 6) is 1.65. The van der Waals surface area contributed by atoms with Crippen LogP contribution in [0.5, 0.6) is 5.75 Å². The second-order valence-electron chi connectivity index (χ2n) is 4.84. The van der Waals surface area contributed by atoms with E-state index in [9.17, 15) is 4.79 Å². The van der Waals surface area contributed by atoms with Crippen LogP contribution in [0.15, 0.2) is 22.7 Å². The monoisotopic (exact) mass is 334 g/mol. The van der Waals surface area contributed by atoms with Gasteiger partial charge in [-0.05, 0) is 53.4 Å².